The lowest BCUT2D eigenvalue weighted by Gasteiger charge is -2.26. The lowest BCUT2D eigenvalue weighted by molar-refractivity contribution is -0.384. The summed E-state index contributed by atoms with van der Waals surface area (Å²) in [5, 5.41) is 18.5. The number of hydrogen-bond acceptors (Lipinski definition) is 9. The topological polar surface area (TPSA) is 133 Å². The molecule has 13 heteroatoms. The van der Waals surface area contributed by atoms with E-state index in [2.05, 4.69) is 5.10 Å². The van der Waals surface area contributed by atoms with Crippen LogP contribution in [0.2, 0.25) is 0 Å². The summed E-state index contributed by atoms with van der Waals surface area (Å²) in [6.07, 6.45) is 1.58. The van der Waals surface area contributed by atoms with Gasteiger partial charge in [-0.3, -0.25) is 10.1 Å². The van der Waals surface area contributed by atoms with E-state index in [0.717, 1.165) is 11.0 Å². The third-order valence-electron chi connectivity index (χ3n) is 6.46. The van der Waals surface area contributed by atoms with Crippen LogP contribution < -0.4 is 4.80 Å². The van der Waals surface area contributed by atoms with Gasteiger partial charge in [-0.05, 0) is 54.1 Å². The Bertz CT molecular complexity index is 1880. The molecule has 1 fully saturated rings. The fourth-order valence-corrected chi connectivity index (χ4v) is 6.56. The van der Waals surface area contributed by atoms with Crippen LogP contribution in [-0.2, 0) is 14.8 Å². The molecule has 0 bridgehead atoms. The predicted molar refractivity (Wildman–Crippen MR) is 155 cm³/mol. The Morgan fingerprint density at radius 3 is 2.41 bits per heavy atom. The van der Waals surface area contributed by atoms with Gasteiger partial charge < -0.3 is 9.15 Å². The summed E-state index contributed by atoms with van der Waals surface area (Å²) < 4.78 is 40.4. The van der Waals surface area contributed by atoms with Crippen LogP contribution in [0.15, 0.2) is 104 Å². The van der Waals surface area contributed by atoms with Crippen molar-refractivity contribution in [3.8, 4) is 11.5 Å². The molecule has 0 atom stereocenters. The van der Waals surface area contributed by atoms with Gasteiger partial charge in [-0.1, -0.05) is 18.2 Å². The maximum atomic E-state index is 13.0. The van der Waals surface area contributed by atoms with Crippen LogP contribution in [0.5, 0.6) is 0 Å². The fourth-order valence-electron chi connectivity index (χ4n) is 4.31. The van der Waals surface area contributed by atoms with Crippen molar-refractivity contribution in [1.82, 2.24) is 8.98 Å². The van der Waals surface area contributed by atoms with Crippen LogP contribution in [0.4, 0.5) is 11.4 Å². The molecule has 0 N–H and O–H groups in total. The lowest BCUT2D eigenvalue weighted by atomic mass is 10.2. The zero-order valence-electron chi connectivity index (χ0n) is 21.5. The third kappa shape index (κ3) is 5.60. The van der Waals surface area contributed by atoms with E-state index >= 15 is 0 Å². The number of furan rings is 1. The molecule has 41 heavy (non-hydrogen) atoms. The summed E-state index contributed by atoms with van der Waals surface area (Å²) in [6, 6.07) is 22.0. The van der Waals surface area contributed by atoms with Crippen LogP contribution >= 0.6 is 11.3 Å². The molecule has 0 spiro atoms. The van der Waals surface area contributed by atoms with Crippen molar-refractivity contribution in [3.63, 3.8) is 0 Å². The number of rotatable bonds is 7. The average Bonchev–Trinajstić information content (AvgIpc) is 3.61. The van der Waals surface area contributed by atoms with E-state index in [0.29, 0.717) is 53.8 Å². The van der Waals surface area contributed by atoms with E-state index in [1.165, 1.54) is 27.8 Å². The number of nitro groups is 1. The maximum absolute atomic E-state index is 13.0. The van der Waals surface area contributed by atoms with E-state index in [9.17, 15) is 18.5 Å². The van der Waals surface area contributed by atoms with Gasteiger partial charge in [0, 0.05) is 36.0 Å². The number of sulfonamides is 1. The first kappa shape index (κ1) is 26.8. The van der Waals surface area contributed by atoms with Crippen molar-refractivity contribution < 1.29 is 22.5 Å². The Morgan fingerprint density at radius 2 is 1.71 bits per heavy atom. The van der Waals surface area contributed by atoms with Crippen molar-refractivity contribution >= 4 is 49.9 Å². The van der Waals surface area contributed by atoms with E-state index in [4.69, 9.17) is 14.1 Å². The number of aromatic nitrogens is 1. The SMILES string of the molecule is O=[N+]([O-])c1ccc(C=Nn2c(-c3cc4ccccc4o3)csc2=Nc2ccc(S(=O)(=O)N3CCOCC3)cc2)cc1. The van der Waals surface area contributed by atoms with Crippen molar-refractivity contribution in [3.05, 3.63) is 105 Å². The van der Waals surface area contributed by atoms with Gasteiger partial charge in [0.05, 0.1) is 34.9 Å². The molecule has 0 radical (unpaired) electrons. The van der Waals surface area contributed by atoms with Crippen LogP contribution in [0.1, 0.15) is 5.56 Å². The lowest BCUT2D eigenvalue weighted by Crippen LogP contribution is -2.40. The predicted octanol–water partition coefficient (Wildman–Crippen LogP) is 5.01. The van der Waals surface area contributed by atoms with E-state index < -0.39 is 14.9 Å². The standard InChI is InChI=1S/C28H23N5O6S2/c34-33(35)23-9-5-20(6-10-23)18-29-32-25(27-17-21-3-1-2-4-26(21)39-27)19-40-28(32)30-22-7-11-24(12-8-22)41(36,37)31-13-15-38-16-14-31/h1-12,17-19H,13-16H2. The third-order valence-corrected chi connectivity index (χ3v) is 9.19. The largest absolute Gasteiger partial charge is 0.454 e. The highest BCUT2D eigenvalue weighted by atomic mass is 32.2. The molecule has 5 aromatic rings. The van der Waals surface area contributed by atoms with Crippen LogP contribution in [0, 0.1) is 10.1 Å². The first-order valence-corrected chi connectivity index (χ1v) is 14.9. The average molecular weight is 590 g/mol. The number of nitro benzene ring substituents is 1. The molecular formula is C28H23N5O6S2. The minimum absolute atomic E-state index is 0.0110. The second-order valence-electron chi connectivity index (χ2n) is 9.08. The second kappa shape index (κ2) is 11.2. The number of morpholine rings is 1. The molecule has 0 saturated carbocycles. The number of ether oxygens (including phenoxy) is 1. The molecule has 0 amide bonds. The molecule has 3 aromatic carbocycles. The normalized spacial score (nSPS) is 15.2. The van der Waals surface area contributed by atoms with Gasteiger partial charge in [-0.2, -0.15) is 9.41 Å². The molecule has 2 aromatic heterocycles. The van der Waals surface area contributed by atoms with Crippen molar-refractivity contribution in [2.45, 2.75) is 4.90 Å². The van der Waals surface area contributed by atoms with E-state index in [1.54, 1.807) is 47.3 Å². The number of non-ortho nitro benzene ring substituents is 1. The van der Waals surface area contributed by atoms with Gasteiger partial charge >= 0.3 is 0 Å². The molecule has 0 aliphatic carbocycles. The van der Waals surface area contributed by atoms with Crippen LogP contribution in [0.3, 0.4) is 0 Å². The summed E-state index contributed by atoms with van der Waals surface area (Å²) in [7, 11) is -3.62. The molecule has 1 saturated heterocycles. The Morgan fingerprint density at radius 1 is 0.976 bits per heavy atom. The smallest absolute Gasteiger partial charge is 0.269 e. The molecule has 6 rings (SSSR count). The Hall–Kier alpha value is -4.43. The van der Waals surface area contributed by atoms with Gasteiger partial charge in [0.2, 0.25) is 14.8 Å². The molecular weight excluding hydrogens is 566 g/mol. The highest BCUT2D eigenvalue weighted by molar-refractivity contribution is 7.89. The Labute approximate surface area is 238 Å². The summed E-state index contributed by atoms with van der Waals surface area (Å²) in [5.74, 6) is 0.594. The van der Waals surface area contributed by atoms with Crippen molar-refractivity contribution in [2.75, 3.05) is 26.3 Å². The number of para-hydroxylation sites is 1. The van der Waals surface area contributed by atoms with Gasteiger partial charge in [0.15, 0.2) is 5.76 Å². The molecule has 208 valence electrons. The molecule has 0 unspecified atom stereocenters. The number of benzene rings is 3. The Kier molecular flexibility index (Phi) is 7.32. The van der Waals surface area contributed by atoms with Gasteiger partial charge in [-0.15, -0.1) is 11.3 Å². The van der Waals surface area contributed by atoms with Crippen LogP contribution in [0.25, 0.3) is 22.4 Å². The van der Waals surface area contributed by atoms with Gasteiger partial charge in [0.1, 0.15) is 11.3 Å². The maximum Gasteiger partial charge on any atom is 0.269 e. The molecule has 11 nitrogen and oxygen atoms in total. The van der Waals surface area contributed by atoms with Crippen molar-refractivity contribution in [1.29, 1.82) is 0 Å². The highest BCUT2D eigenvalue weighted by Crippen LogP contribution is 2.28. The van der Waals surface area contributed by atoms with E-state index in [-0.39, 0.29) is 10.6 Å². The monoisotopic (exact) mass is 589 g/mol. The summed E-state index contributed by atoms with van der Waals surface area (Å²) in [5.41, 5.74) is 2.59. The van der Waals surface area contributed by atoms with Gasteiger partial charge in [0.25, 0.3) is 5.69 Å². The summed E-state index contributed by atoms with van der Waals surface area (Å²) in [6.45, 7) is 1.39. The number of hydrogen-bond donors (Lipinski definition) is 0. The quantitative estimate of drug-likeness (QED) is 0.149. The zero-order chi connectivity index (χ0) is 28.4. The molecule has 1 aliphatic heterocycles. The van der Waals surface area contributed by atoms with E-state index in [1.807, 2.05) is 35.7 Å². The molecule has 1 aliphatic rings. The fraction of sp³-hybridized carbons (Fsp3) is 0.143. The first-order valence-electron chi connectivity index (χ1n) is 12.6. The minimum atomic E-state index is -3.62. The molecule has 3 heterocycles. The first-order chi connectivity index (χ1) is 19.9. The Balaban J connectivity index is 1.38. The summed E-state index contributed by atoms with van der Waals surface area (Å²) >= 11 is 1.34. The highest BCUT2D eigenvalue weighted by Gasteiger charge is 2.26. The van der Waals surface area contributed by atoms with Crippen molar-refractivity contribution in [2.24, 2.45) is 10.1 Å². The van der Waals surface area contributed by atoms with Crippen LogP contribution in [-0.4, -0.2) is 54.8 Å². The minimum Gasteiger partial charge on any atom is -0.454 e. The van der Waals surface area contributed by atoms with Gasteiger partial charge in [-0.25, -0.2) is 18.1 Å². The number of fused-ring (bicyclic) bond motifs is 1. The second-order valence-corrected chi connectivity index (χ2v) is 11.9. The summed E-state index contributed by atoms with van der Waals surface area (Å²) in [4.78, 5) is 16.0. The zero-order valence-corrected chi connectivity index (χ0v) is 23.1. The number of thiazole rings is 1. The number of nitrogens with zero attached hydrogens (tertiary/aromatic N) is 5.